The molecule has 3 N–H and O–H groups in total. The molecular weight excluding hydrogens is 360 g/mol. The number of hydrogen-bond acceptors (Lipinski definition) is 4. The first-order valence-electron chi connectivity index (χ1n) is 8.95. The second-order valence-corrected chi connectivity index (χ2v) is 6.73. The second-order valence-electron chi connectivity index (χ2n) is 6.73. The Morgan fingerprint density at radius 3 is 2.21 bits per heavy atom. The molecule has 0 unspecified atom stereocenters. The summed E-state index contributed by atoms with van der Waals surface area (Å²) in [5.74, 6) is -0.564. The van der Waals surface area contributed by atoms with E-state index in [-0.39, 0.29) is 12.3 Å². The van der Waals surface area contributed by atoms with Crippen LogP contribution in [0.2, 0.25) is 0 Å². The maximum atomic E-state index is 12.2. The van der Waals surface area contributed by atoms with Gasteiger partial charge < -0.3 is 20.5 Å². The highest BCUT2D eigenvalue weighted by Gasteiger charge is 2.09. The molecule has 0 spiro atoms. The summed E-state index contributed by atoms with van der Waals surface area (Å²) in [4.78, 5) is 34.4. The van der Waals surface area contributed by atoms with Gasteiger partial charge in [-0.25, -0.2) is 0 Å². The van der Waals surface area contributed by atoms with Crippen LogP contribution in [0, 0.1) is 5.92 Å². The van der Waals surface area contributed by atoms with E-state index in [9.17, 15) is 14.4 Å². The fraction of sp³-hybridized carbons (Fsp3) is 0.286. The molecule has 0 aliphatic rings. The minimum absolute atomic E-state index is 0.182. The van der Waals surface area contributed by atoms with Crippen LogP contribution in [0.25, 0.3) is 0 Å². The Morgan fingerprint density at radius 2 is 1.64 bits per heavy atom. The Labute approximate surface area is 163 Å². The van der Waals surface area contributed by atoms with E-state index in [1.807, 2.05) is 24.3 Å². The molecule has 28 heavy (non-hydrogen) atoms. The lowest BCUT2D eigenvalue weighted by Gasteiger charge is -2.10. The molecule has 148 valence electrons. The minimum atomic E-state index is -1.11. The number of hydrogen-bond donors (Lipinski definition) is 3. The van der Waals surface area contributed by atoms with Gasteiger partial charge in [0.05, 0.1) is 13.0 Å². The third kappa shape index (κ3) is 7.11. The normalized spacial score (nSPS) is 10.4. The molecule has 0 bridgehead atoms. The number of anilines is 1. The molecule has 0 fully saturated rings. The Hall–Kier alpha value is -3.35. The van der Waals surface area contributed by atoms with Gasteiger partial charge in [-0.3, -0.25) is 14.4 Å². The molecule has 0 aliphatic heterocycles. The predicted molar refractivity (Wildman–Crippen MR) is 106 cm³/mol. The molecule has 2 aromatic rings. The van der Waals surface area contributed by atoms with E-state index < -0.39 is 18.4 Å². The first kappa shape index (κ1) is 21.0. The molecule has 0 radical (unpaired) electrons. The number of carbonyl (C=O) groups excluding carboxylic acids is 2. The quantitative estimate of drug-likeness (QED) is 0.617. The van der Waals surface area contributed by atoms with Crippen LogP contribution in [0.15, 0.2) is 48.5 Å². The Kier molecular flexibility index (Phi) is 7.56. The summed E-state index contributed by atoms with van der Waals surface area (Å²) in [6, 6.07) is 13.6. The number of benzene rings is 2. The molecule has 7 heteroatoms. The number of rotatable bonds is 9. The van der Waals surface area contributed by atoms with Crippen LogP contribution in [0.1, 0.15) is 29.8 Å². The molecule has 0 saturated heterocycles. The Bertz CT molecular complexity index is 814. The number of carbonyl (C=O) groups is 3. The molecule has 0 heterocycles. The van der Waals surface area contributed by atoms with Gasteiger partial charge in [0.1, 0.15) is 12.3 Å². The van der Waals surface area contributed by atoms with Gasteiger partial charge in [0.25, 0.3) is 5.91 Å². The topological polar surface area (TPSA) is 105 Å². The Balaban J connectivity index is 1.85. The lowest BCUT2D eigenvalue weighted by Crippen LogP contribution is -2.29. The van der Waals surface area contributed by atoms with Gasteiger partial charge in [-0.05, 0) is 47.9 Å². The lowest BCUT2D eigenvalue weighted by atomic mass is 10.1. The minimum Gasteiger partial charge on any atom is -0.493 e. The fourth-order valence-corrected chi connectivity index (χ4v) is 2.32. The first-order valence-corrected chi connectivity index (χ1v) is 8.95. The number of carboxylic acid groups (broad SMARTS) is 1. The van der Waals surface area contributed by atoms with Crippen molar-refractivity contribution in [1.82, 2.24) is 5.32 Å². The van der Waals surface area contributed by atoms with Gasteiger partial charge in [0.2, 0.25) is 5.91 Å². The number of ether oxygens (including phenoxy) is 1. The number of carboxylic acids is 1. The van der Waals surface area contributed by atoms with E-state index in [4.69, 9.17) is 9.84 Å². The molecule has 2 aromatic carbocycles. The van der Waals surface area contributed by atoms with Crippen LogP contribution in [-0.2, 0) is 16.0 Å². The van der Waals surface area contributed by atoms with Gasteiger partial charge in [0, 0.05) is 11.3 Å². The van der Waals surface area contributed by atoms with Crippen molar-refractivity contribution in [2.45, 2.75) is 20.3 Å². The predicted octanol–water partition coefficient (Wildman–Crippen LogP) is 2.72. The smallest absolute Gasteiger partial charge is 0.322 e. The standard InChI is InChI=1S/C21H24N2O5/c1-14(2)13-28-18-9-3-15(4-10-18)11-19(24)23-17-7-5-16(6-8-17)21(27)22-12-20(25)26/h3-10,14H,11-13H2,1-2H3,(H,22,27)(H,23,24)(H,25,26). The molecule has 2 amide bonds. The zero-order valence-electron chi connectivity index (χ0n) is 15.9. The number of amides is 2. The van der Waals surface area contributed by atoms with Crippen molar-refractivity contribution >= 4 is 23.5 Å². The first-order chi connectivity index (χ1) is 13.3. The van der Waals surface area contributed by atoms with Crippen molar-refractivity contribution in [2.24, 2.45) is 5.92 Å². The van der Waals surface area contributed by atoms with Crippen molar-refractivity contribution in [1.29, 1.82) is 0 Å². The van der Waals surface area contributed by atoms with Crippen LogP contribution < -0.4 is 15.4 Å². The molecular formula is C21H24N2O5. The van der Waals surface area contributed by atoms with Crippen molar-refractivity contribution in [2.75, 3.05) is 18.5 Å². The largest absolute Gasteiger partial charge is 0.493 e. The third-order valence-electron chi connectivity index (χ3n) is 3.70. The summed E-state index contributed by atoms with van der Waals surface area (Å²) in [6.45, 7) is 4.35. The highest BCUT2D eigenvalue weighted by Crippen LogP contribution is 2.15. The third-order valence-corrected chi connectivity index (χ3v) is 3.70. The second kappa shape index (κ2) is 10.1. The molecule has 0 aromatic heterocycles. The fourth-order valence-electron chi connectivity index (χ4n) is 2.32. The van der Waals surface area contributed by atoms with Crippen molar-refractivity contribution in [3.63, 3.8) is 0 Å². The monoisotopic (exact) mass is 384 g/mol. The van der Waals surface area contributed by atoms with E-state index in [1.54, 1.807) is 12.1 Å². The number of aliphatic carboxylic acids is 1. The van der Waals surface area contributed by atoms with Crippen LogP contribution in [-0.4, -0.2) is 36.0 Å². The van der Waals surface area contributed by atoms with Crippen molar-refractivity contribution in [3.05, 3.63) is 59.7 Å². The summed E-state index contributed by atoms with van der Waals surface area (Å²) in [5, 5.41) is 13.6. The van der Waals surface area contributed by atoms with Crippen molar-refractivity contribution in [3.8, 4) is 5.75 Å². The van der Waals surface area contributed by atoms with Crippen LogP contribution in [0.4, 0.5) is 5.69 Å². The highest BCUT2D eigenvalue weighted by atomic mass is 16.5. The van der Waals surface area contributed by atoms with E-state index in [0.29, 0.717) is 23.8 Å². The lowest BCUT2D eigenvalue weighted by molar-refractivity contribution is -0.135. The molecule has 0 aliphatic carbocycles. The van der Waals surface area contributed by atoms with E-state index in [1.165, 1.54) is 12.1 Å². The van der Waals surface area contributed by atoms with Crippen LogP contribution in [0.5, 0.6) is 5.75 Å². The summed E-state index contributed by atoms with van der Waals surface area (Å²) < 4.78 is 5.62. The summed E-state index contributed by atoms with van der Waals surface area (Å²) in [7, 11) is 0. The van der Waals surface area contributed by atoms with Crippen molar-refractivity contribution < 1.29 is 24.2 Å². The van der Waals surface area contributed by atoms with Gasteiger partial charge >= 0.3 is 5.97 Å². The summed E-state index contributed by atoms with van der Waals surface area (Å²) in [6.07, 6.45) is 0.214. The van der Waals surface area contributed by atoms with Crippen LogP contribution in [0.3, 0.4) is 0 Å². The maximum absolute atomic E-state index is 12.2. The van der Waals surface area contributed by atoms with Gasteiger partial charge in [-0.2, -0.15) is 0 Å². The Morgan fingerprint density at radius 1 is 1.00 bits per heavy atom. The van der Waals surface area contributed by atoms with Gasteiger partial charge in [-0.15, -0.1) is 0 Å². The number of nitrogens with one attached hydrogen (secondary N) is 2. The average molecular weight is 384 g/mol. The SMILES string of the molecule is CC(C)COc1ccc(CC(=O)Nc2ccc(C(=O)NCC(=O)O)cc2)cc1. The summed E-state index contributed by atoms with van der Waals surface area (Å²) >= 11 is 0. The highest BCUT2D eigenvalue weighted by molar-refractivity contribution is 5.97. The van der Waals surface area contributed by atoms with E-state index in [0.717, 1.165) is 11.3 Å². The zero-order valence-corrected chi connectivity index (χ0v) is 15.9. The molecule has 7 nitrogen and oxygen atoms in total. The van der Waals surface area contributed by atoms with Gasteiger partial charge in [0.15, 0.2) is 0 Å². The molecule has 0 saturated carbocycles. The van der Waals surface area contributed by atoms with Gasteiger partial charge in [-0.1, -0.05) is 26.0 Å². The van der Waals surface area contributed by atoms with Crippen LogP contribution >= 0.6 is 0 Å². The maximum Gasteiger partial charge on any atom is 0.322 e. The zero-order chi connectivity index (χ0) is 20.5. The van der Waals surface area contributed by atoms with E-state index in [2.05, 4.69) is 24.5 Å². The average Bonchev–Trinajstić information content (AvgIpc) is 2.66. The van der Waals surface area contributed by atoms with E-state index >= 15 is 0 Å². The molecule has 2 rings (SSSR count). The summed E-state index contributed by atoms with van der Waals surface area (Å²) in [5.41, 5.74) is 1.73. The molecule has 0 atom stereocenters.